The molecule has 0 saturated carbocycles. The molecule has 0 aliphatic carbocycles. The molecular weight excluding hydrogens is 439 g/mol. The maximum absolute atomic E-state index is 13.9. The molecule has 33 heavy (non-hydrogen) atoms. The number of carbonyl (C=O) groups excluding carboxylic acids is 2. The molecule has 2 atom stereocenters. The van der Waals surface area contributed by atoms with Crippen LogP contribution in [0.1, 0.15) is 59.5 Å². The van der Waals surface area contributed by atoms with Gasteiger partial charge in [-0.15, -0.1) is 0 Å². The highest BCUT2D eigenvalue weighted by molar-refractivity contribution is 5.99. The Kier molecular flexibility index (Phi) is 5.71. The first-order valence-corrected chi connectivity index (χ1v) is 10.7. The molecule has 2 aromatic rings. The van der Waals surface area contributed by atoms with E-state index in [1.165, 1.54) is 10.8 Å². The minimum atomic E-state index is -1.18. The van der Waals surface area contributed by atoms with E-state index in [0.717, 1.165) is 19.3 Å². The van der Waals surface area contributed by atoms with Crippen LogP contribution in [0.25, 0.3) is 0 Å². The van der Waals surface area contributed by atoms with E-state index in [0.29, 0.717) is 18.7 Å². The van der Waals surface area contributed by atoms with Crippen LogP contribution in [0.2, 0.25) is 0 Å². The van der Waals surface area contributed by atoms with E-state index in [4.69, 9.17) is 0 Å². The van der Waals surface area contributed by atoms with E-state index in [2.05, 4.69) is 5.32 Å². The average molecular weight is 463 g/mol. The van der Waals surface area contributed by atoms with E-state index in [1.807, 2.05) is 13.8 Å². The predicted octanol–water partition coefficient (Wildman–Crippen LogP) is 2.94. The van der Waals surface area contributed by atoms with Gasteiger partial charge in [-0.3, -0.25) is 14.4 Å². The predicted molar refractivity (Wildman–Crippen MR) is 112 cm³/mol. The normalized spacial score (nSPS) is 22.4. The molecule has 1 fully saturated rings. The van der Waals surface area contributed by atoms with Crippen LogP contribution in [0.15, 0.2) is 23.1 Å². The quantitative estimate of drug-likeness (QED) is 0.732. The number of nitrogens with zero attached hydrogens (tertiary/aromatic N) is 2. The fraction of sp³-hybridized carbons (Fsp3) is 0.435. The second-order valence-electron chi connectivity index (χ2n) is 9.14. The van der Waals surface area contributed by atoms with E-state index >= 15 is 0 Å². The van der Waals surface area contributed by atoms with Gasteiger partial charge in [-0.05, 0) is 25.7 Å². The molecule has 1 saturated heterocycles. The third kappa shape index (κ3) is 3.98. The van der Waals surface area contributed by atoms with Crippen molar-refractivity contribution in [2.45, 2.75) is 51.7 Å². The Morgan fingerprint density at radius 2 is 1.91 bits per heavy atom. The molecule has 4 rings (SSSR count). The van der Waals surface area contributed by atoms with Gasteiger partial charge in [0, 0.05) is 43.5 Å². The third-order valence-corrected chi connectivity index (χ3v) is 6.55. The molecule has 2 N–H and O–H groups in total. The van der Waals surface area contributed by atoms with Crippen LogP contribution in [-0.4, -0.2) is 38.5 Å². The number of hydrogen-bond donors (Lipinski definition) is 2. The van der Waals surface area contributed by atoms with Gasteiger partial charge in [0.25, 0.3) is 11.8 Å². The van der Waals surface area contributed by atoms with Gasteiger partial charge < -0.3 is 19.9 Å². The van der Waals surface area contributed by atoms with Crippen LogP contribution < -0.4 is 10.7 Å². The molecule has 0 spiro atoms. The van der Waals surface area contributed by atoms with Crippen LogP contribution in [0.3, 0.4) is 0 Å². The second kappa shape index (κ2) is 8.24. The molecule has 1 aromatic carbocycles. The lowest BCUT2D eigenvalue weighted by atomic mass is 9.91. The smallest absolute Gasteiger partial charge is 0.275 e. The standard InChI is InChI=1S/C23H24F3N3O4/c1-12-4-3-5-23(2)11-28-10-15(19(30)20(31)18(28)22(33)29(23)9-12)21(32)27-8-14-16(25)6-13(24)7-17(14)26/h6-7,10,12,31H,3-5,8-9,11H2,1-2H3,(H,27,32)/t12-,23+/m1/s1. The number of carbonyl (C=O) groups is 2. The Morgan fingerprint density at radius 1 is 1.24 bits per heavy atom. The molecule has 2 aliphatic heterocycles. The number of amides is 2. The van der Waals surface area contributed by atoms with Crippen LogP contribution in [-0.2, 0) is 13.1 Å². The summed E-state index contributed by atoms with van der Waals surface area (Å²) in [5, 5.41) is 12.8. The molecule has 3 heterocycles. The molecule has 2 amide bonds. The van der Waals surface area contributed by atoms with Crippen molar-refractivity contribution in [3.63, 3.8) is 0 Å². The van der Waals surface area contributed by atoms with Crippen molar-refractivity contribution < 1.29 is 27.9 Å². The summed E-state index contributed by atoms with van der Waals surface area (Å²) in [6, 6.07) is 0.964. The second-order valence-corrected chi connectivity index (χ2v) is 9.14. The van der Waals surface area contributed by atoms with Crippen LogP contribution in [0.5, 0.6) is 5.75 Å². The lowest BCUT2D eigenvalue weighted by Gasteiger charge is -2.45. The number of halogens is 3. The van der Waals surface area contributed by atoms with Crippen molar-refractivity contribution in [2.75, 3.05) is 6.54 Å². The zero-order chi connectivity index (χ0) is 24.1. The maximum atomic E-state index is 13.9. The maximum Gasteiger partial charge on any atom is 0.275 e. The summed E-state index contributed by atoms with van der Waals surface area (Å²) >= 11 is 0. The first-order valence-electron chi connectivity index (χ1n) is 10.7. The zero-order valence-electron chi connectivity index (χ0n) is 18.3. The minimum Gasteiger partial charge on any atom is -0.503 e. The number of aromatic nitrogens is 1. The van der Waals surface area contributed by atoms with E-state index < -0.39 is 63.7 Å². The molecule has 2 aliphatic rings. The Balaban J connectivity index is 1.66. The topological polar surface area (TPSA) is 91.6 Å². The van der Waals surface area contributed by atoms with Gasteiger partial charge in [-0.25, -0.2) is 13.2 Å². The van der Waals surface area contributed by atoms with Crippen LogP contribution in [0.4, 0.5) is 13.2 Å². The number of benzene rings is 1. The highest BCUT2D eigenvalue weighted by Gasteiger charge is 2.44. The van der Waals surface area contributed by atoms with Gasteiger partial charge >= 0.3 is 0 Å². The van der Waals surface area contributed by atoms with Gasteiger partial charge in [0.2, 0.25) is 5.43 Å². The molecule has 176 valence electrons. The summed E-state index contributed by atoms with van der Waals surface area (Å²) in [5.74, 6) is -5.49. The van der Waals surface area contributed by atoms with Gasteiger partial charge in [-0.1, -0.05) is 13.3 Å². The largest absolute Gasteiger partial charge is 0.503 e. The van der Waals surface area contributed by atoms with Crippen LogP contribution in [0, 0.1) is 23.4 Å². The van der Waals surface area contributed by atoms with E-state index in [-0.39, 0.29) is 18.2 Å². The molecule has 10 heteroatoms. The van der Waals surface area contributed by atoms with Crippen molar-refractivity contribution in [2.24, 2.45) is 5.92 Å². The monoisotopic (exact) mass is 463 g/mol. The lowest BCUT2D eigenvalue weighted by molar-refractivity contribution is 0.0328. The van der Waals surface area contributed by atoms with Crippen molar-refractivity contribution in [1.82, 2.24) is 14.8 Å². The number of hydrogen-bond acceptors (Lipinski definition) is 4. The molecule has 7 nitrogen and oxygen atoms in total. The van der Waals surface area contributed by atoms with Crippen molar-refractivity contribution in [3.05, 3.63) is 62.8 Å². The van der Waals surface area contributed by atoms with Gasteiger partial charge in [0.05, 0.1) is 5.54 Å². The highest BCUT2D eigenvalue weighted by Crippen LogP contribution is 2.37. The number of pyridine rings is 1. The highest BCUT2D eigenvalue weighted by atomic mass is 19.1. The number of aromatic hydroxyl groups is 1. The fourth-order valence-electron chi connectivity index (χ4n) is 4.74. The number of fused-ring (bicyclic) bond motifs is 2. The average Bonchev–Trinajstić information content (AvgIpc) is 2.87. The molecule has 0 bridgehead atoms. The molecule has 0 radical (unpaired) electrons. The lowest BCUT2D eigenvalue weighted by Crippen LogP contribution is -2.57. The molecule has 0 unspecified atom stereocenters. The summed E-state index contributed by atoms with van der Waals surface area (Å²) in [6.45, 7) is 4.11. The molecule has 1 aromatic heterocycles. The van der Waals surface area contributed by atoms with Crippen LogP contribution >= 0.6 is 0 Å². The first-order chi connectivity index (χ1) is 15.5. The van der Waals surface area contributed by atoms with E-state index in [1.54, 1.807) is 4.90 Å². The Morgan fingerprint density at radius 3 is 2.58 bits per heavy atom. The summed E-state index contributed by atoms with van der Waals surface area (Å²) in [6.07, 6.45) is 3.77. The van der Waals surface area contributed by atoms with Gasteiger partial charge in [-0.2, -0.15) is 0 Å². The zero-order valence-corrected chi connectivity index (χ0v) is 18.3. The summed E-state index contributed by atoms with van der Waals surface area (Å²) < 4.78 is 42.2. The summed E-state index contributed by atoms with van der Waals surface area (Å²) in [7, 11) is 0. The third-order valence-electron chi connectivity index (χ3n) is 6.55. The summed E-state index contributed by atoms with van der Waals surface area (Å²) in [5.41, 5.74) is -2.83. The number of rotatable bonds is 3. The Labute approximate surface area is 187 Å². The number of nitrogens with one attached hydrogen (secondary N) is 1. The SMILES string of the molecule is C[C@@H]1CCC[C@@]2(C)Cn3cc(C(=O)NCc4c(F)cc(F)cc4F)c(=O)c(O)c3C(=O)N2C1. The van der Waals surface area contributed by atoms with Gasteiger partial charge in [0.15, 0.2) is 11.4 Å². The van der Waals surface area contributed by atoms with Crippen molar-refractivity contribution in [3.8, 4) is 5.75 Å². The minimum absolute atomic E-state index is 0.182. The van der Waals surface area contributed by atoms with Crippen molar-refractivity contribution >= 4 is 11.8 Å². The summed E-state index contributed by atoms with van der Waals surface area (Å²) in [4.78, 5) is 40.3. The first kappa shape index (κ1) is 22.9. The van der Waals surface area contributed by atoms with E-state index in [9.17, 15) is 32.7 Å². The molecular formula is C23H24F3N3O4. The fourth-order valence-corrected chi connectivity index (χ4v) is 4.74. The van der Waals surface area contributed by atoms with Crippen molar-refractivity contribution in [1.29, 1.82) is 0 Å². The van der Waals surface area contributed by atoms with Gasteiger partial charge in [0.1, 0.15) is 23.0 Å². The Bertz CT molecular complexity index is 1190. The Hall–Kier alpha value is -3.30.